The van der Waals surface area contributed by atoms with Crippen LogP contribution in [-0.4, -0.2) is 77.3 Å². The second-order valence-electron chi connectivity index (χ2n) is 9.46. The first-order chi connectivity index (χ1) is 16.4. The van der Waals surface area contributed by atoms with E-state index in [4.69, 9.17) is 0 Å². The molecule has 2 aromatic rings. The van der Waals surface area contributed by atoms with Gasteiger partial charge in [0.15, 0.2) is 5.03 Å². The van der Waals surface area contributed by atoms with Gasteiger partial charge in [0.25, 0.3) is 15.9 Å². The van der Waals surface area contributed by atoms with E-state index in [1.165, 1.54) is 29.0 Å². The number of sulfonamides is 1. The maximum absolute atomic E-state index is 14.3. The number of rotatable bonds is 6. The summed E-state index contributed by atoms with van der Waals surface area (Å²) >= 11 is 0. The van der Waals surface area contributed by atoms with Crippen molar-refractivity contribution in [3.63, 3.8) is 0 Å². The molecule has 1 N–H and O–H groups in total. The lowest BCUT2D eigenvalue weighted by molar-refractivity contribution is -0.0856. The molecule has 1 aliphatic heterocycles. The van der Waals surface area contributed by atoms with Crippen molar-refractivity contribution < 1.29 is 26.4 Å². The molecule has 13 heteroatoms. The fourth-order valence-electron chi connectivity index (χ4n) is 5.00. The SMILES string of the molecule is Cc1cccc(F)c1C(=O)NCC1(N2CCN(S(=O)(=O)c3cn(C)cn3)CC2)CCC(F)(F)CC1.Cl. The fraction of sp³-hybridized carbons (Fsp3) is 0.565. The third-order valence-electron chi connectivity index (χ3n) is 7.13. The quantitative estimate of drug-likeness (QED) is 0.599. The molecular weight excluding hydrogens is 519 g/mol. The molecular formula is C23H31ClF3N5O3S. The van der Waals surface area contributed by atoms with Crippen LogP contribution in [0.5, 0.6) is 0 Å². The van der Waals surface area contributed by atoms with Crippen molar-refractivity contribution in [1.29, 1.82) is 0 Å². The van der Waals surface area contributed by atoms with Crippen molar-refractivity contribution in [2.75, 3.05) is 32.7 Å². The second-order valence-corrected chi connectivity index (χ2v) is 11.3. The van der Waals surface area contributed by atoms with Gasteiger partial charge in [0.2, 0.25) is 5.92 Å². The number of benzene rings is 1. The van der Waals surface area contributed by atoms with Gasteiger partial charge in [-0.15, -0.1) is 12.4 Å². The van der Waals surface area contributed by atoms with E-state index in [1.54, 1.807) is 24.6 Å². The molecule has 4 rings (SSSR count). The van der Waals surface area contributed by atoms with E-state index in [0.717, 1.165) is 0 Å². The maximum Gasteiger partial charge on any atom is 0.262 e. The number of hydrogen-bond acceptors (Lipinski definition) is 5. The third kappa shape index (κ3) is 5.71. The smallest absolute Gasteiger partial charge is 0.262 e. The molecule has 8 nitrogen and oxygen atoms in total. The van der Waals surface area contributed by atoms with E-state index in [2.05, 4.69) is 10.3 Å². The Morgan fingerprint density at radius 1 is 1.11 bits per heavy atom. The Balaban J connectivity index is 0.00000361. The summed E-state index contributed by atoms with van der Waals surface area (Å²) in [6.07, 6.45) is 2.49. The summed E-state index contributed by atoms with van der Waals surface area (Å²) in [5.41, 5.74) is -0.340. The number of nitrogens with zero attached hydrogens (tertiary/aromatic N) is 4. The first-order valence-electron chi connectivity index (χ1n) is 11.6. The molecule has 0 bridgehead atoms. The highest BCUT2D eigenvalue weighted by atomic mass is 35.5. The van der Waals surface area contributed by atoms with Gasteiger partial charge in [0.1, 0.15) is 5.82 Å². The summed E-state index contributed by atoms with van der Waals surface area (Å²) in [4.78, 5) is 18.8. The number of aromatic nitrogens is 2. The molecule has 36 heavy (non-hydrogen) atoms. The van der Waals surface area contributed by atoms with Crippen molar-refractivity contribution in [3.8, 4) is 0 Å². The number of aryl methyl sites for hydroxylation is 2. The van der Waals surface area contributed by atoms with E-state index < -0.39 is 33.2 Å². The molecule has 1 amide bonds. The third-order valence-corrected chi connectivity index (χ3v) is 8.92. The Kier molecular flexibility index (Phi) is 8.43. The number of halogens is 4. The van der Waals surface area contributed by atoms with Crippen LogP contribution in [0.2, 0.25) is 0 Å². The van der Waals surface area contributed by atoms with E-state index in [9.17, 15) is 26.4 Å². The molecule has 1 saturated heterocycles. The van der Waals surface area contributed by atoms with Gasteiger partial charge in [-0.3, -0.25) is 9.69 Å². The number of carbonyl (C=O) groups excluding carboxylic acids is 1. The average Bonchev–Trinajstić information content (AvgIpc) is 3.26. The number of hydrogen-bond donors (Lipinski definition) is 1. The predicted molar refractivity (Wildman–Crippen MR) is 130 cm³/mol. The Labute approximate surface area is 215 Å². The summed E-state index contributed by atoms with van der Waals surface area (Å²) in [6, 6.07) is 4.36. The van der Waals surface area contributed by atoms with Gasteiger partial charge in [-0.25, -0.2) is 26.6 Å². The molecule has 0 atom stereocenters. The zero-order valence-electron chi connectivity index (χ0n) is 20.2. The minimum atomic E-state index is -3.76. The van der Waals surface area contributed by atoms with Crippen molar-refractivity contribution in [2.24, 2.45) is 7.05 Å². The zero-order chi connectivity index (χ0) is 25.4. The number of carbonyl (C=O) groups is 1. The summed E-state index contributed by atoms with van der Waals surface area (Å²) in [7, 11) is -2.08. The molecule has 1 aromatic heterocycles. The van der Waals surface area contributed by atoms with Crippen LogP contribution in [0, 0.1) is 12.7 Å². The number of nitrogens with one attached hydrogen (secondary N) is 1. The minimum Gasteiger partial charge on any atom is -0.350 e. The van der Waals surface area contributed by atoms with Crippen LogP contribution < -0.4 is 5.32 Å². The predicted octanol–water partition coefficient (Wildman–Crippen LogP) is 2.97. The highest BCUT2D eigenvalue weighted by Crippen LogP contribution is 2.42. The lowest BCUT2D eigenvalue weighted by Crippen LogP contribution is -2.63. The highest BCUT2D eigenvalue weighted by molar-refractivity contribution is 7.89. The Hall–Kier alpha value is -2.15. The van der Waals surface area contributed by atoms with Crippen LogP contribution in [0.3, 0.4) is 0 Å². The maximum atomic E-state index is 14.3. The Morgan fingerprint density at radius 2 is 1.75 bits per heavy atom. The first kappa shape index (κ1) is 28.4. The van der Waals surface area contributed by atoms with E-state index in [1.807, 2.05) is 4.90 Å². The average molecular weight is 550 g/mol. The number of alkyl halides is 2. The molecule has 200 valence electrons. The second kappa shape index (κ2) is 10.7. The van der Waals surface area contributed by atoms with Gasteiger partial charge in [-0.1, -0.05) is 12.1 Å². The fourth-order valence-corrected chi connectivity index (χ4v) is 6.38. The molecule has 0 radical (unpaired) electrons. The Bertz CT molecular complexity index is 1170. The van der Waals surface area contributed by atoms with Crippen LogP contribution in [0.4, 0.5) is 13.2 Å². The minimum absolute atomic E-state index is 0. The molecule has 1 saturated carbocycles. The van der Waals surface area contributed by atoms with Crippen molar-refractivity contribution in [1.82, 2.24) is 24.1 Å². The normalized spacial score (nSPS) is 20.5. The van der Waals surface area contributed by atoms with Crippen molar-refractivity contribution in [3.05, 3.63) is 47.7 Å². The number of imidazole rings is 1. The molecule has 1 aromatic carbocycles. The van der Waals surface area contributed by atoms with Gasteiger partial charge in [0, 0.05) is 64.3 Å². The van der Waals surface area contributed by atoms with E-state index >= 15 is 0 Å². The number of piperazine rings is 1. The van der Waals surface area contributed by atoms with Gasteiger partial charge in [-0.2, -0.15) is 4.31 Å². The molecule has 1 aliphatic carbocycles. The zero-order valence-corrected chi connectivity index (χ0v) is 21.8. The molecule has 2 aliphatic rings. The summed E-state index contributed by atoms with van der Waals surface area (Å²) in [6.45, 7) is 2.71. The van der Waals surface area contributed by atoms with E-state index in [0.29, 0.717) is 18.7 Å². The molecule has 2 fully saturated rings. The van der Waals surface area contributed by atoms with Crippen LogP contribution in [0.1, 0.15) is 41.6 Å². The lowest BCUT2D eigenvalue weighted by Gasteiger charge is -2.50. The highest BCUT2D eigenvalue weighted by Gasteiger charge is 2.48. The number of amides is 1. The largest absolute Gasteiger partial charge is 0.350 e. The monoisotopic (exact) mass is 549 g/mol. The Morgan fingerprint density at radius 3 is 2.31 bits per heavy atom. The van der Waals surface area contributed by atoms with Gasteiger partial charge in [-0.05, 0) is 31.4 Å². The first-order valence-corrected chi connectivity index (χ1v) is 13.0. The molecule has 2 heterocycles. The van der Waals surface area contributed by atoms with Gasteiger partial charge in [0.05, 0.1) is 11.9 Å². The van der Waals surface area contributed by atoms with Crippen LogP contribution in [-0.2, 0) is 17.1 Å². The standard InChI is InChI=1S/C23H30F3N5O3S.ClH/c1-17-4-3-5-18(24)20(17)21(32)27-15-22(6-8-23(25,26)9-7-22)30-10-12-31(13-11-30)35(33,34)19-14-29(2)16-28-19;/h3-5,14,16H,6-13,15H2,1-2H3,(H,27,32);1H. The van der Waals surface area contributed by atoms with Crippen LogP contribution in [0.15, 0.2) is 35.7 Å². The van der Waals surface area contributed by atoms with Gasteiger partial charge >= 0.3 is 0 Å². The summed E-state index contributed by atoms with van der Waals surface area (Å²) < 4.78 is 71.1. The van der Waals surface area contributed by atoms with Gasteiger partial charge < -0.3 is 9.88 Å². The van der Waals surface area contributed by atoms with E-state index in [-0.39, 0.29) is 68.3 Å². The van der Waals surface area contributed by atoms with Crippen LogP contribution >= 0.6 is 12.4 Å². The topological polar surface area (TPSA) is 87.5 Å². The lowest BCUT2D eigenvalue weighted by atomic mass is 9.78. The summed E-state index contributed by atoms with van der Waals surface area (Å²) in [5, 5.41) is 2.74. The van der Waals surface area contributed by atoms with Crippen molar-refractivity contribution >= 4 is 28.3 Å². The molecule has 0 unspecified atom stereocenters. The van der Waals surface area contributed by atoms with Crippen LogP contribution in [0.25, 0.3) is 0 Å². The van der Waals surface area contributed by atoms with Crippen molar-refractivity contribution in [2.45, 2.75) is 49.1 Å². The molecule has 0 spiro atoms. The summed E-state index contributed by atoms with van der Waals surface area (Å²) in [5.74, 6) is -4.01.